The first-order valence-electron chi connectivity index (χ1n) is 8.30. The van der Waals surface area contributed by atoms with E-state index in [4.69, 9.17) is 5.11 Å². The van der Waals surface area contributed by atoms with E-state index < -0.39 is 0 Å². The van der Waals surface area contributed by atoms with Crippen molar-refractivity contribution in [2.75, 3.05) is 10.6 Å². The minimum atomic E-state index is -0.375. The molecule has 0 spiro atoms. The van der Waals surface area contributed by atoms with E-state index in [1.165, 1.54) is 6.20 Å². The molecule has 3 N–H and O–H groups in total. The molecule has 2 heterocycles. The first-order chi connectivity index (χ1) is 12.6. The van der Waals surface area contributed by atoms with Gasteiger partial charge < -0.3 is 15.0 Å². The lowest BCUT2D eigenvalue weighted by Crippen LogP contribution is -2.20. The largest absolute Gasteiger partial charge is 0.392 e. The number of hydrogen-bond donors (Lipinski definition) is 3. The van der Waals surface area contributed by atoms with Crippen molar-refractivity contribution < 1.29 is 9.90 Å². The van der Waals surface area contributed by atoms with Gasteiger partial charge in [-0.2, -0.15) is 0 Å². The van der Waals surface area contributed by atoms with E-state index in [2.05, 4.69) is 32.1 Å². The molecular formula is C19H21N5O2. The van der Waals surface area contributed by atoms with E-state index in [1.807, 2.05) is 37.4 Å². The molecule has 7 nitrogen and oxygen atoms in total. The van der Waals surface area contributed by atoms with Crippen LogP contribution in [0.4, 0.5) is 16.3 Å². The van der Waals surface area contributed by atoms with Crippen molar-refractivity contribution in [3.63, 3.8) is 0 Å². The lowest BCUT2D eigenvalue weighted by Gasteiger charge is -2.16. The summed E-state index contributed by atoms with van der Waals surface area (Å²) in [5.41, 5.74) is 2.50. The maximum Gasteiger partial charge on any atom is 0.324 e. The summed E-state index contributed by atoms with van der Waals surface area (Å²) in [4.78, 5) is 20.4. The van der Waals surface area contributed by atoms with Crippen LogP contribution in [-0.2, 0) is 6.61 Å². The van der Waals surface area contributed by atoms with Crippen LogP contribution >= 0.6 is 0 Å². The van der Waals surface area contributed by atoms with Gasteiger partial charge in [0.25, 0.3) is 0 Å². The highest BCUT2D eigenvalue weighted by atomic mass is 16.3. The second-order valence-electron chi connectivity index (χ2n) is 5.97. The molecule has 26 heavy (non-hydrogen) atoms. The number of aliphatic hydroxyl groups excluding tert-OH is 1. The van der Waals surface area contributed by atoms with Crippen molar-refractivity contribution in [3.8, 4) is 0 Å². The number of imidazole rings is 1. The quantitative estimate of drug-likeness (QED) is 0.657. The van der Waals surface area contributed by atoms with Gasteiger partial charge >= 0.3 is 6.03 Å². The molecule has 134 valence electrons. The Hall–Kier alpha value is -3.19. The second-order valence-corrected chi connectivity index (χ2v) is 5.97. The minimum Gasteiger partial charge on any atom is -0.392 e. The summed E-state index contributed by atoms with van der Waals surface area (Å²) >= 11 is 0. The Kier molecular flexibility index (Phi) is 5.28. The predicted octanol–water partition coefficient (Wildman–Crippen LogP) is 3.33. The standard InChI is InChI=1S/C19H21N5O2/c1-13(24-10-9-20-14(24)2)16-4-6-17(7-5-16)22-19(26)23-18-8-3-15(12-25)11-21-18/h3-11,13,25H,12H2,1-2H3,(H2,21,22,23,26)/t13-/m1/s1. The topological polar surface area (TPSA) is 92.1 Å². The number of aliphatic hydroxyl groups is 1. The monoisotopic (exact) mass is 351 g/mol. The van der Waals surface area contributed by atoms with Gasteiger partial charge in [0.1, 0.15) is 11.6 Å². The first-order valence-corrected chi connectivity index (χ1v) is 8.30. The zero-order valence-electron chi connectivity index (χ0n) is 14.7. The second kappa shape index (κ2) is 7.79. The van der Waals surface area contributed by atoms with Crippen molar-refractivity contribution in [1.29, 1.82) is 0 Å². The summed E-state index contributed by atoms with van der Waals surface area (Å²) in [7, 11) is 0. The molecule has 0 radical (unpaired) electrons. The predicted molar refractivity (Wildman–Crippen MR) is 100 cm³/mol. The number of rotatable bonds is 5. The number of aromatic nitrogens is 3. The third-order valence-electron chi connectivity index (χ3n) is 4.18. The molecule has 3 aromatic rings. The van der Waals surface area contributed by atoms with E-state index in [-0.39, 0.29) is 18.7 Å². The molecule has 2 amide bonds. The molecule has 0 bridgehead atoms. The number of benzene rings is 1. The van der Waals surface area contributed by atoms with Crippen molar-refractivity contribution in [1.82, 2.24) is 14.5 Å². The van der Waals surface area contributed by atoms with Gasteiger partial charge in [0.05, 0.1) is 12.6 Å². The number of hydrogen-bond acceptors (Lipinski definition) is 4. The molecule has 0 aliphatic rings. The smallest absolute Gasteiger partial charge is 0.324 e. The summed E-state index contributed by atoms with van der Waals surface area (Å²) < 4.78 is 2.09. The highest BCUT2D eigenvalue weighted by Crippen LogP contribution is 2.21. The maximum absolute atomic E-state index is 12.1. The number of amides is 2. The van der Waals surface area contributed by atoms with Gasteiger partial charge in [-0.05, 0) is 43.2 Å². The molecule has 7 heteroatoms. The van der Waals surface area contributed by atoms with Crippen LogP contribution in [0, 0.1) is 6.92 Å². The molecule has 2 aromatic heterocycles. The van der Waals surface area contributed by atoms with Crippen LogP contribution in [0.25, 0.3) is 0 Å². The number of anilines is 2. The summed E-state index contributed by atoms with van der Waals surface area (Å²) in [6, 6.07) is 10.8. The van der Waals surface area contributed by atoms with Crippen LogP contribution < -0.4 is 10.6 Å². The van der Waals surface area contributed by atoms with Gasteiger partial charge in [0.15, 0.2) is 0 Å². The zero-order chi connectivity index (χ0) is 18.5. The van der Waals surface area contributed by atoms with E-state index in [1.54, 1.807) is 18.3 Å². The summed E-state index contributed by atoms with van der Waals surface area (Å²) in [6.07, 6.45) is 5.26. The number of nitrogens with one attached hydrogen (secondary N) is 2. The Morgan fingerprint density at radius 1 is 1.15 bits per heavy atom. The van der Waals surface area contributed by atoms with E-state index >= 15 is 0 Å². The summed E-state index contributed by atoms with van der Waals surface area (Å²) in [6.45, 7) is 3.99. The molecule has 3 rings (SSSR count). The molecule has 0 saturated heterocycles. The number of aryl methyl sites for hydroxylation is 1. The molecule has 0 unspecified atom stereocenters. The highest BCUT2D eigenvalue weighted by molar-refractivity contribution is 5.99. The molecule has 0 saturated carbocycles. The van der Waals surface area contributed by atoms with Gasteiger partial charge in [-0.1, -0.05) is 18.2 Å². The molecule has 1 atom stereocenters. The molecule has 1 aromatic carbocycles. The van der Waals surface area contributed by atoms with Crippen LogP contribution in [0.3, 0.4) is 0 Å². The van der Waals surface area contributed by atoms with Gasteiger partial charge in [0.2, 0.25) is 0 Å². The van der Waals surface area contributed by atoms with Crippen molar-refractivity contribution in [2.24, 2.45) is 0 Å². The Balaban J connectivity index is 1.61. The van der Waals surface area contributed by atoms with Crippen molar-refractivity contribution >= 4 is 17.5 Å². The molecule has 0 fully saturated rings. The van der Waals surface area contributed by atoms with Crippen LogP contribution in [0.2, 0.25) is 0 Å². The Bertz CT molecular complexity index is 872. The number of pyridine rings is 1. The Labute approximate surface area is 151 Å². The highest BCUT2D eigenvalue weighted by Gasteiger charge is 2.10. The van der Waals surface area contributed by atoms with E-state index in [9.17, 15) is 4.79 Å². The summed E-state index contributed by atoms with van der Waals surface area (Å²) in [5.74, 6) is 1.37. The first kappa shape index (κ1) is 17.6. The Morgan fingerprint density at radius 3 is 2.50 bits per heavy atom. The number of nitrogens with zero attached hydrogens (tertiary/aromatic N) is 3. The fourth-order valence-corrected chi connectivity index (χ4v) is 2.67. The zero-order valence-corrected chi connectivity index (χ0v) is 14.7. The van der Waals surface area contributed by atoms with Gasteiger partial charge in [-0.15, -0.1) is 0 Å². The van der Waals surface area contributed by atoms with Crippen LogP contribution in [0.1, 0.15) is 29.9 Å². The third-order valence-corrected chi connectivity index (χ3v) is 4.18. The van der Waals surface area contributed by atoms with Gasteiger partial charge in [-0.25, -0.2) is 14.8 Å². The van der Waals surface area contributed by atoms with Gasteiger partial charge in [0, 0.05) is 24.3 Å². The van der Waals surface area contributed by atoms with Crippen LogP contribution in [-0.4, -0.2) is 25.7 Å². The Morgan fingerprint density at radius 2 is 1.92 bits per heavy atom. The van der Waals surface area contributed by atoms with Crippen LogP contribution in [0.5, 0.6) is 0 Å². The summed E-state index contributed by atoms with van der Waals surface area (Å²) in [5, 5.41) is 14.4. The molecular weight excluding hydrogens is 330 g/mol. The maximum atomic E-state index is 12.1. The van der Waals surface area contributed by atoms with E-state index in [0.29, 0.717) is 17.1 Å². The lowest BCUT2D eigenvalue weighted by molar-refractivity contribution is 0.262. The average molecular weight is 351 g/mol. The van der Waals surface area contributed by atoms with Crippen molar-refractivity contribution in [3.05, 3.63) is 71.9 Å². The number of urea groups is 1. The lowest BCUT2D eigenvalue weighted by atomic mass is 10.1. The minimum absolute atomic E-state index is 0.0805. The number of carbonyl (C=O) groups excluding carboxylic acids is 1. The van der Waals surface area contributed by atoms with Crippen molar-refractivity contribution in [2.45, 2.75) is 26.5 Å². The third kappa shape index (κ3) is 4.07. The fourth-order valence-electron chi connectivity index (χ4n) is 2.67. The number of carbonyl (C=O) groups is 1. The SMILES string of the molecule is Cc1nccn1[C@H](C)c1ccc(NC(=O)Nc2ccc(CO)cn2)cc1. The average Bonchev–Trinajstić information content (AvgIpc) is 3.08. The van der Waals surface area contributed by atoms with Crippen LogP contribution in [0.15, 0.2) is 55.0 Å². The normalized spacial score (nSPS) is 11.8. The van der Waals surface area contributed by atoms with E-state index in [0.717, 1.165) is 11.4 Å². The molecule has 0 aliphatic heterocycles. The van der Waals surface area contributed by atoms with Gasteiger partial charge in [-0.3, -0.25) is 5.32 Å². The fraction of sp³-hybridized carbons (Fsp3) is 0.211. The molecule has 0 aliphatic carbocycles.